The van der Waals surface area contributed by atoms with Gasteiger partial charge < -0.3 is 26.6 Å². The molecule has 0 unspecified atom stereocenters. The molecule has 0 radical (unpaired) electrons. The zero-order valence-corrected chi connectivity index (χ0v) is 6.05. The van der Waals surface area contributed by atoms with Gasteiger partial charge in [-0.3, -0.25) is 0 Å². The van der Waals surface area contributed by atoms with Crippen LogP contribution in [0.4, 0.5) is 0 Å². The van der Waals surface area contributed by atoms with Gasteiger partial charge in [0, 0.05) is 0 Å². The summed E-state index contributed by atoms with van der Waals surface area (Å²) in [7, 11) is 0. The molecule has 0 aliphatic heterocycles. The molecule has 0 amide bonds. The molecule has 0 fully saturated rings. The summed E-state index contributed by atoms with van der Waals surface area (Å²) >= 11 is 0. The minimum atomic E-state index is 0. The van der Waals surface area contributed by atoms with E-state index in [1.54, 1.807) is 0 Å². The molecule has 0 aromatic rings. The Morgan fingerprint density at radius 3 is 0.500 bits per heavy atom. The number of rotatable bonds is 0. The summed E-state index contributed by atoms with van der Waals surface area (Å²) in [4.78, 5) is 0. The second kappa shape index (κ2) is 673. The van der Waals surface area contributed by atoms with Gasteiger partial charge in [0.2, 0.25) is 0 Å². The first-order chi connectivity index (χ1) is 0. The van der Waals surface area contributed by atoms with Gasteiger partial charge in [0.15, 0.2) is 0 Å². The smallest absolute Gasteiger partial charge is 1.00 e. The van der Waals surface area contributed by atoms with E-state index in [0.717, 1.165) is 0 Å². The van der Waals surface area contributed by atoms with Crippen LogP contribution in [-0.4, -0.2) is 21.9 Å². The van der Waals surface area contributed by atoms with Crippen molar-refractivity contribution in [3.8, 4) is 0 Å². The third-order valence-electron chi connectivity index (χ3n) is 0. The predicted molar refractivity (Wildman–Crippen MR) is 14.5 cm³/mol. The molecule has 0 spiro atoms. The van der Waals surface area contributed by atoms with Crippen LogP contribution in [0.5, 0.6) is 0 Å². The van der Waals surface area contributed by atoms with E-state index in [1.807, 2.05) is 0 Å². The van der Waals surface area contributed by atoms with Gasteiger partial charge in [-0.05, 0) is 0 Å². The monoisotopic (exact) mass is 155 g/mol. The Balaban J connectivity index is 0. The van der Waals surface area contributed by atoms with Gasteiger partial charge in [-0.1, -0.05) is 0 Å². The van der Waals surface area contributed by atoms with Crippen molar-refractivity contribution >= 4 is 0 Å². The van der Waals surface area contributed by atoms with Crippen molar-refractivity contribution in [2.75, 3.05) is 0 Å². The van der Waals surface area contributed by atoms with Crippen LogP contribution in [0, 0.1) is 0 Å². The van der Waals surface area contributed by atoms with Crippen LogP contribution in [0.2, 0.25) is 0 Å². The summed E-state index contributed by atoms with van der Waals surface area (Å²) in [6, 6.07) is 0. The molecule has 0 atom stereocenters. The summed E-state index contributed by atoms with van der Waals surface area (Å²) in [5.74, 6) is 0. The topological polar surface area (TPSA) is 126 Å². The van der Waals surface area contributed by atoms with Crippen molar-refractivity contribution in [3.05, 3.63) is 0 Å². The normalized spacial score (nSPS) is 0. The molecule has 0 bridgehead atoms. The summed E-state index contributed by atoms with van der Waals surface area (Å²) in [5.41, 5.74) is 0. The molecule has 0 saturated heterocycles. The molecule has 0 aromatic carbocycles. The molecule has 0 aromatic heterocycles. The number of halogens is 1. The van der Waals surface area contributed by atoms with E-state index >= 15 is 0 Å². The van der Waals surface area contributed by atoms with Gasteiger partial charge in [0.1, 0.15) is 0 Å². The summed E-state index contributed by atoms with van der Waals surface area (Å²) in [6.07, 6.45) is 0. The van der Waals surface area contributed by atoms with Crippen LogP contribution in [-0.2, 0) is 19.5 Å². The van der Waals surface area contributed by atoms with E-state index < -0.39 is 0 Å². The fourth-order valence-corrected chi connectivity index (χ4v) is 0. The van der Waals surface area contributed by atoms with E-state index in [2.05, 4.69) is 0 Å². The van der Waals surface area contributed by atoms with Gasteiger partial charge >= 0.3 is 19.5 Å². The van der Waals surface area contributed by atoms with Gasteiger partial charge in [-0.2, -0.15) is 0 Å². The third kappa shape index (κ3) is 327. The molecule has 0 aliphatic rings. The van der Waals surface area contributed by atoms with Crippen molar-refractivity contribution < 1.29 is 46.1 Å². The number of hydrogen-bond acceptors (Lipinski definition) is 0. The fourth-order valence-electron chi connectivity index (χ4n) is 0. The second-order valence-electron chi connectivity index (χ2n) is 0. The van der Waals surface area contributed by atoms with E-state index in [-0.39, 0.29) is 46.1 Å². The molecule has 8 N–H and O–H groups in total. The third-order valence-corrected chi connectivity index (χ3v) is 0. The summed E-state index contributed by atoms with van der Waals surface area (Å²) < 4.78 is 0. The van der Waals surface area contributed by atoms with Crippen molar-refractivity contribution in [2.24, 2.45) is 0 Å². The average Bonchev–Trinajstić information content (AvgIpc) is 0. The first-order valence-electron chi connectivity index (χ1n) is 0. The first kappa shape index (κ1) is 1200. The van der Waals surface area contributed by atoms with Crippen LogP contribution in [0.15, 0.2) is 0 Å². The van der Waals surface area contributed by atoms with E-state index in [9.17, 15) is 0 Å². The maximum absolute atomic E-state index is 0. The second-order valence-corrected chi connectivity index (χ2v) is 0. The van der Waals surface area contributed by atoms with Crippen molar-refractivity contribution in [1.82, 2.24) is 0 Å². The molecule has 4 nitrogen and oxygen atoms in total. The van der Waals surface area contributed by atoms with Crippen molar-refractivity contribution in [3.63, 3.8) is 0 Å². The van der Waals surface area contributed by atoms with Crippen LogP contribution >= 0.6 is 0 Å². The molecule has 0 heterocycles. The maximum Gasteiger partial charge on any atom is 2.00 e. The Hall–Kier alpha value is 0.393. The SMILES string of the molecule is O.O.O.O.[F-].[Zn+2]. The Labute approximate surface area is 46.9 Å². The van der Waals surface area contributed by atoms with Gasteiger partial charge in [0.05, 0.1) is 0 Å². The van der Waals surface area contributed by atoms with Crippen LogP contribution < -0.4 is 4.70 Å². The number of hydrogen-bond donors (Lipinski definition) is 0. The Kier molecular flexibility index (Phi) is 135000. The van der Waals surface area contributed by atoms with Crippen molar-refractivity contribution in [1.29, 1.82) is 0 Å². The average molecular weight is 156 g/mol. The van der Waals surface area contributed by atoms with E-state index in [1.165, 1.54) is 0 Å². The van der Waals surface area contributed by atoms with Crippen LogP contribution in [0.25, 0.3) is 0 Å². The van der Waals surface area contributed by atoms with E-state index in [4.69, 9.17) is 0 Å². The maximum atomic E-state index is 0. The molecule has 40 valence electrons. The Morgan fingerprint density at radius 2 is 0.500 bits per heavy atom. The molecule has 0 saturated carbocycles. The minimum absolute atomic E-state index is 0. The fraction of sp³-hybridized carbons (Fsp3) is 0. The predicted octanol–water partition coefficient (Wildman–Crippen LogP) is -6.30. The zero-order valence-electron chi connectivity index (χ0n) is 3.09. The quantitative estimate of drug-likeness (QED) is 0.309. The van der Waals surface area contributed by atoms with Crippen molar-refractivity contribution in [2.45, 2.75) is 0 Å². The molecule has 6 heavy (non-hydrogen) atoms. The molecule has 0 rings (SSSR count). The van der Waals surface area contributed by atoms with Gasteiger partial charge in [-0.15, -0.1) is 0 Å². The molecular weight excluding hydrogens is 148 g/mol. The zero-order chi connectivity index (χ0) is 0. The van der Waals surface area contributed by atoms with E-state index in [0.29, 0.717) is 0 Å². The van der Waals surface area contributed by atoms with Gasteiger partial charge in [0.25, 0.3) is 0 Å². The van der Waals surface area contributed by atoms with Gasteiger partial charge in [-0.25, -0.2) is 0 Å². The molecular formula is H8FO4Zn+. The van der Waals surface area contributed by atoms with Crippen LogP contribution in [0.3, 0.4) is 0 Å². The molecule has 0 aliphatic carbocycles. The first-order valence-corrected chi connectivity index (χ1v) is 0. The van der Waals surface area contributed by atoms with Crippen LogP contribution in [0.1, 0.15) is 0 Å². The summed E-state index contributed by atoms with van der Waals surface area (Å²) in [6.45, 7) is 0. The minimum Gasteiger partial charge on any atom is -1.00 e. The summed E-state index contributed by atoms with van der Waals surface area (Å²) in [5, 5.41) is 0. The standard InChI is InChI=1S/FH.4H2O.Zn/h1H;4*1H2;/q;;;;;+2/p-1. The Bertz CT molecular complexity index is 7.51. The Morgan fingerprint density at radius 1 is 0.500 bits per heavy atom. The largest absolute Gasteiger partial charge is 2.00 e. The molecule has 6 heteroatoms.